The number of halogens is 1. The van der Waals surface area contributed by atoms with Crippen LogP contribution in [0.5, 0.6) is 0 Å². The fourth-order valence-electron chi connectivity index (χ4n) is 1.72. The number of amides is 1. The Hall–Kier alpha value is -0.530. The van der Waals surface area contributed by atoms with Crippen molar-refractivity contribution in [1.29, 1.82) is 0 Å². The average molecular weight is 412 g/mol. The summed E-state index contributed by atoms with van der Waals surface area (Å²) in [5, 5.41) is 9.37. The zero-order valence-corrected chi connectivity index (χ0v) is 16.3. The Labute approximate surface area is 147 Å². The Morgan fingerprint density at radius 3 is 2.33 bits per heavy atom. The van der Waals surface area contributed by atoms with Crippen molar-refractivity contribution in [2.45, 2.75) is 65.3 Å². The number of hydrogen-bond acceptors (Lipinski definition) is 2. The molecule has 6 heteroatoms. The molecule has 1 unspecified atom stereocenters. The molecule has 0 bridgehead atoms. The second-order valence-corrected chi connectivity index (χ2v) is 5.11. The lowest BCUT2D eigenvalue weighted by molar-refractivity contribution is -0.121. The highest BCUT2D eigenvalue weighted by Gasteiger charge is 2.05. The Morgan fingerprint density at radius 2 is 1.76 bits per heavy atom. The first kappa shape index (κ1) is 22.7. The van der Waals surface area contributed by atoms with Gasteiger partial charge in [0.1, 0.15) is 0 Å². The van der Waals surface area contributed by atoms with Crippen molar-refractivity contribution in [2.24, 2.45) is 4.99 Å². The van der Waals surface area contributed by atoms with Crippen molar-refractivity contribution in [3.05, 3.63) is 0 Å². The topological polar surface area (TPSA) is 65.5 Å². The van der Waals surface area contributed by atoms with E-state index in [2.05, 4.69) is 34.8 Å². The van der Waals surface area contributed by atoms with Gasteiger partial charge in [-0.2, -0.15) is 0 Å². The molecule has 0 aromatic rings. The second-order valence-electron chi connectivity index (χ2n) is 5.11. The number of hydrogen-bond donors (Lipinski definition) is 3. The zero-order valence-electron chi connectivity index (χ0n) is 14.0. The van der Waals surface area contributed by atoms with Gasteiger partial charge in [-0.3, -0.25) is 9.79 Å². The molecule has 1 amide bonds. The monoisotopic (exact) mass is 412 g/mol. The molecule has 0 aliphatic carbocycles. The summed E-state index contributed by atoms with van der Waals surface area (Å²) in [4.78, 5) is 15.7. The minimum Gasteiger partial charge on any atom is -0.356 e. The third-order valence-electron chi connectivity index (χ3n) is 3.21. The van der Waals surface area contributed by atoms with E-state index in [1.54, 1.807) is 7.05 Å². The maximum Gasteiger partial charge on any atom is 0.221 e. The maximum absolute atomic E-state index is 11.6. The number of rotatable bonds is 10. The number of unbranched alkanes of at least 4 members (excludes halogenated alkanes) is 3. The van der Waals surface area contributed by atoms with Gasteiger partial charge in [-0.05, 0) is 19.8 Å². The van der Waals surface area contributed by atoms with Crippen molar-refractivity contribution >= 4 is 35.8 Å². The molecule has 5 nitrogen and oxygen atoms in total. The van der Waals surface area contributed by atoms with Crippen LogP contribution in [0, 0.1) is 0 Å². The van der Waals surface area contributed by atoms with Gasteiger partial charge in [-0.15, -0.1) is 24.0 Å². The van der Waals surface area contributed by atoms with Crippen LogP contribution in [-0.4, -0.2) is 38.0 Å². The quantitative estimate of drug-likeness (QED) is 0.224. The number of nitrogens with zero attached hydrogens (tertiary/aromatic N) is 1. The Kier molecular flexibility index (Phi) is 17.2. The first-order valence-corrected chi connectivity index (χ1v) is 7.87. The van der Waals surface area contributed by atoms with Gasteiger partial charge in [0.15, 0.2) is 5.96 Å². The predicted molar refractivity (Wildman–Crippen MR) is 101 cm³/mol. The van der Waals surface area contributed by atoms with Crippen LogP contribution >= 0.6 is 24.0 Å². The normalized spacial score (nSPS) is 12.3. The molecule has 0 aliphatic heterocycles. The van der Waals surface area contributed by atoms with Crippen LogP contribution in [0.3, 0.4) is 0 Å². The van der Waals surface area contributed by atoms with E-state index in [-0.39, 0.29) is 35.9 Å². The summed E-state index contributed by atoms with van der Waals surface area (Å²) in [6, 6.07) is 0.249. The molecule has 0 aliphatic rings. The minimum absolute atomic E-state index is 0. The number of carbonyl (C=O) groups excluding carboxylic acids is 1. The molecule has 0 radical (unpaired) electrons. The maximum atomic E-state index is 11.6. The number of nitrogens with one attached hydrogen (secondary N) is 3. The van der Waals surface area contributed by atoms with E-state index in [1.807, 2.05) is 6.92 Å². The molecule has 0 spiro atoms. The van der Waals surface area contributed by atoms with E-state index in [9.17, 15) is 4.79 Å². The zero-order chi connectivity index (χ0) is 15.2. The van der Waals surface area contributed by atoms with Gasteiger partial charge in [0.2, 0.25) is 5.91 Å². The van der Waals surface area contributed by atoms with E-state index in [4.69, 9.17) is 0 Å². The highest BCUT2D eigenvalue weighted by Crippen LogP contribution is 1.96. The lowest BCUT2D eigenvalue weighted by Crippen LogP contribution is -2.40. The van der Waals surface area contributed by atoms with Gasteiger partial charge in [-0.25, -0.2) is 0 Å². The SMILES string of the molecule is CCCCCCNC(=NC)NCCC(=O)NC(C)CC.I. The number of guanidine groups is 1. The summed E-state index contributed by atoms with van der Waals surface area (Å²) in [5.41, 5.74) is 0. The van der Waals surface area contributed by atoms with Crippen LogP contribution in [0.15, 0.2) is 4.99 Å². The minimum atomic E-state index is 0. The Balaban J connectivity index is 0. The molecule has 21 heavy (non-hydrogen) atoms. The molecule has 126 valence electrons. The van der Waals surface area contributed by atoms with E-state index >= 15 is 0 Å². The lowest BCUT2D eigenvalue weighted by Gasteiger charge is -2.13. The first-order valence-electron chi connectivity index (χ1n) is 7.87. The molecule has 0 fully saturated rings. The van der Waals surface area contributed by atoms with Crippen LogP contribution in [0.25, 0.3) is 0 Å². The summed E-state index contributed by atoms with van der Waals surface area (Å²) >= 11 is 0. The van der Waals surface area contributed by atoms with Crippen LogP contribution < -0.4 is 16.0 Å². The first-order chi connectivity index (χ1) is 9.63. The lowest BCUT2D eigenvalue weighted by atomic mass is 10.2. The van der Waals surface area contributed by atoms with Gasteiger partial charge in [0.25, 0.3) is 0 Å². The summed E-state index contributed by atoms with van der Waals surface area (Å²) < 4.78 is 0. The molecule has 0 saturated carbocycles. The van der Waals surface area contributed by atoms with Gasteiger partial charge in [-0.1, -0.05) is 33.1 Å². The van der Waals surface area contributed by atoms with E-state index in [0.717, 1.165) is 25.3 Å². The smallest absolute Gasteiger partial charge is 0.221 e. The van der Waals surface area contributed by atoms with Crippen molar-refractivity contribution < 1.29 is 4.79 Å². The summed E-state index contributed by atoms with van der Waals surface area (Å²) in [7, 11) is 1.75. The van der Waals surface area contributed by atoms with Gasteiger partial charge in [0, 0.05) is 32.6 Å². The van der Waals surface area contributed by atoms with Crippen LogP contribution in [-0.2, 0) is 4.79 Å². The molecule has 3 N–H and O–H groups in total. The molecule has 1 atom stereocenters. The fraction of sp³-hybridized carbons (Fsp3) is 0.867. The van der Waals surface area contributed by atoms with Crippen molar-refractivity contribution in [3.8, 4) is 0 Å². The third-order valence-corrected chi connectivity index (χ3v) is 3.21. The fourth-order valence-corrected chi connectivity index (χ4v) is 1.72. The molecular formula is C15H33IN4O. The molecule has 0 heterocycles. The van der Waals surface area contributed by atoms with Crippen LogP contribution in [0.2, 0.25) is 0 Å². The number of carbonyl (C=O) groups is 1. The standard InChI is InChI=1S/C15H32N4O.HI/c1-5-7-8-9-11-17-15(16-4)18-12-10-14(20)19-13(3)6-2;/h13H,5-12H2,1-4H3,(H,19,20)(H2,16,17,18);1H. The Bertz CT molecular complexity index is 285. The third kappa shape index (κ3) is 14.2. The summed E-state index contributed by atoms with van der Waals surface area (Å²) in [6.07, 6.45) is 6.36. The van der Waals surface area contributed by atoms with Gasteiger partial charge in [0.05, 0.1) is 0 Å². The molecular weight excluding hydrogens is 379 g/mol. The number of aliphatic imine (C=N–C) groups is 1. The average Bonchev–Trinajstić information content (AvgIpc) is 2.44. The highest BCUT2D eigenvalue weighted by molar-refractivity contribution is 14.0. The molecule has 0 rings (SSSR count). The van der Waals surface area contributed by atoms with E-state index < -0.39 is 0 Å². The van der Waals surface area contributed by atoms with Gasteiger partial charge >= 0.3 is 0 Å². The summed E-state index contributed by atoms with van der Waals surface area (Å²) in [5.74, 6) is 0.864. The van der Waals surface area contributed by atoms with Crippen molar-refractivity contribution in [2.75, 3.05) is 20.1 Å². The Morgan fingerprint density at radius 1 is 1.10 bits per heavy atom. The molecule has 0 saturated heterocycles. The predicted octanol–water partition coefficient (Wildman–Crippen LogP) is 2.65. The van der Waals surface area contributed by atoms with E-state index in [0.29, 0.717) is 13.0 Å². The van der Waals surface area contributed by atoms with Crippen molar-refractivity contribution in [3.63, 3.8) is 0 Å². The summed E-state index contributed by atoms with van der Waals surface area (Å²) in [6.45, 7) is 7.82. The van der Waals surface area contributed by atoms with E-state index in [1.165, 1.54) is 19.3 Å². The van der Waals surface area contributed by atoms with Crippen LogP contribution in [0.1, 0.15) is 59.3 Å². The molecule has 0 aromatic heterocycles. The van der Waals surface area contributed by atoms with Gasteiger partial charge < -0.3 is 16.0 Å². The largest absolute Gasteiger partial charge is 0.356 e. The highest BCUT2D eigenvalue weighted by atomic mass is 127. The molecule has 0 aromatic carbocycles. The van der Waals surface area contributed by atoms with Crippen molar-refractivity contribution in [1.82, 2.24) is 16.0 Å². The van der Waals surface area contributed by atoms with Crippen LogP contribution in [0.4, 0.5) is 0 Å². The second kappa shape index (κ2) is 15.9.